The summed E-state index contributed by atoms with van der Waals surface area (Å²) in [5, 5.41) is 14.0. The fourth-order valence-corrected chi connectivity index (χ4v) is 5.51. The second-order valence-corrected chi connectivity index (χ2v) is 9.61. The molecule has 1 saturated heterocycles. The van der Waals surface area contributed by atoms with E-state index in [1.54, 1.807) is 18.2 Å². The Bertz CT molecular complexity index is 1120. The number of benzene rings is 2. The lowest BCUT2D eigenvalue weighted by Crippen LogP contribution is -2.41. The molecule has 0 saturated carbocycles. The maximum atomic E-state index is 12.9. The standard InChI is InChI=1S/C19H19Cl2N3O6S/c1-30-17-5-2-13(10-16(17)21)22-19(25)12-6-8-23(9-7-12)31(28,29)18-11-14(24(26)27)3-4-15(18)20/h2-5,10-12H,6-9H2,1H3,(H,22,25). The van der Waals surface area contributed by atoms with Gasteiger partial charge in [-0.2, -0.15) is 4.31 Å². The molecule has 1 N–H and O–H groups in total. The van der Waals surface area contributed by atoms with Crippen molar-refractivity contribution in [2.45, 2.75) is 17.7 Å². The Kier molecular flexibility index (Phi) is 7.05. The smallest absolute Gasteiger partial charge is 0.270 e. The Labute approximate surface area is 189 Å². The minimum atomic E-state index is -4.04. The van der Waals surface area contributed by atoms with Crippen LogP contribution in [0.25, 0.3) is 0 Å². The Morgan fingerprint density at radius 2 is 1.84 bits per heavy atom. The van der Waals surface area contributed by atoms with Gasteiger partial charge in [0, 0.05) is 36.8 Å². The van der Waals surface area contributed by atoms with Crippen molar-refractivity contribution in [2.75, 3.05) is 25.5 Å². The molecule has 1 aliphatic heterocycles. The molecule has 0 atom stereocenters. The van der Waals surface area contributed by atoms with Gasteiger partial charge in [-0.1, -0.05) is 23.2 Å². The van der Waals surface area contributed by atoms with E-state index in [-0.39, 0.29) is 34.6 Å². The monoisotopic (exact) mass is 487 g/mol. The Balaban J connectivity index is 1.67. The number of hydrogen-bond donors (Lipinski definition) is 1. The van der Waals surface area contributed by atoms with Gasteiger partial charge in [-0.05, 0) is 37.1 Å². The molecular weight excluding hydrogens is 469 g/mol. The fraction of sp³-hybridized carbons (Fsp3) is 0.316. The highest BCUT2D eigenvalue weighted by Crippen LogP contribution is 2.32. The largest absolute Gasteiger partial charge is 0.495 e. The number of halogens is 2. The fourth-order valence-electron chi connectivity index (χ4n) is 3.29. The van der Waals surface area contributed by atoms with Gasteiger partial charge in [-0.15, -0.1) is 0 Å². The molecule has 0 radical (unpaired) electrons. The molecule has 3 rings (SSSR count). The average Bonchev–Trinajstić information content (AvgIpc) is 2.74. The number of piperidine rings is 1. The number of non-ortho nitro benzene ring substituents is 1. The highest BCUT2D eigenvalue weighted by atomic mass is 35.5. The van der Waals surface area contributed by atoms with E-state index in [1.165, 1.54) is 17.5 Å². The Hall–Kier alpha value is -2.40. The number of anilines is 1. The molecule has 0 aromatic heterocycles. The number of nitro groups is 1. The molecule has 2 aromatic rings. The second kappa shape index (κ2) is 9.39. The summed E-state index contributed by atoms with van der Waals surface area (Å²) in [6.07, 6.45) is 0.586. The first-order valence-electron chi connectivity index (χ1n) is 9.22. The zero-order valence-corrected chi connectivity index (χ0v) is 18.7. The minimum absolute atomic E-state index is 0.0861. The molecule has 9 nitrogen and oxygen atoms in total. The number of hydrogen-bond acceptors (Lipinski definition) is 6. The number of methoxy groups -OCH3 is 1. The first-order valence-corrected chi connectivity index (χ1v) is 11.4. The third kappa shape index (κ3) is 5.09. The number of rotatable bonds is 6. The van der Waals surface area contributed by atoms with Crippen molar-refractivity contribution in [1.82, 2.24) is 4.31 Å². The van der Waals surface area contributed by atoms with Crippen LogP contribution in [-0.2, 0) is 14.8 Å². The van der Waals surface area contributed by atoms with Gasteiger partial charge < -0.3 is 10.1 Å². The van der Waals surface area contributed by atoms with E-state index in [0.29, 0.717) is 29.3 Å². The highest BCUT2D eigenvalue weighted by molar-refractivity contribution is 7.89. The van der Waals surface area contributed by atoms with Crippen LogP contribution < -0.4 is 10.1 Å². The van der Waals surface area contributed by atoms with Crippen LogP contribution in [0, 0.1) is 16.0 Å². The molecule has 12 heteroatoms. The number of nitrogens with one attached hydrogen (secondary N) is 1. The van der Waals surface area contributed by atoms with Crippen LogP contribution in [-0.4, -0.2) is 43.8 Å². The van der Waals surface area contributed by atoms with Gasteiger partial charge in [0.15, 0.2) is 0 Å². The van der Waals surface area contributed by atoms with Crippen molar-refractivity contribution in [3.05, 3.63) is 56.6 Å². The summed E-state index contributed by atoms with van der Waals surface area (Å²) in [6.45, 7) is 0.172. The lowest BCUT2D eigenvalue weighted by molar-refractivity contribution is -0.385. The summed E-state index contributed by atoms with van der Waals surface area (Å²) >= 11 is 12.1. The van der Waals surface area contributed by atoms with Crippen LogP contribution in [0.4, 0.5) is 11.4 Å². The zero-order chi connectivity index (χ0) is 22.8. The highest BCUT2D eigenvalue weighted by Gasteiger charge is 2.34. The molecule has 0 spiro atoms. The third-order valence-corrected chi connectivity index (χ3v) is 7.66. The lowest BCUT2D eigenvalue weighted by Gasteiger charge is -2.30. The molecule has 0 unspecified atom stereocenters. The first-order chi connectivity index (χ1) is 14.6. The summed E-state index contributed by atoms with van der Waals surface area (Å²) in [6, 6.07) is 8.14. The van der Waals surface area contributed by atoms with Crippen molar-refractivity contribution in [3.8, 4) is 5.75 Å². The summed E-state index contributed by atoms with van der Waals surface area (Å²) in [7, 11) is -2.55. The van der Waals surface area contributed by atoms with E-state index >= 15 is 0 Å². The topological polar surface area (TPSA) is 119 Å². The molecule has 31 heavy (non-hydrogen) atoms. The Morgan fingerprint density at radius 3 is 2.42 bits per heavy atom. The summed E-state index contributed by atoms with van der Waals surface area (Å²) in [5.41, 5.74) is 0.143. The second-order valence-electron chi connectivity index (χ2n) is 6.89. The minimum Gasteiger partial charge on any atom is -0.495 e. The van der Waals surface area contributed by atoms with Gasteiger partial charge in [0.25, 0.3) is 5.69 Å². The summed E-state index contributed by atoms with van der Waals surface area (Å²) in [5.74, 6) is -0.155. The zero-order valence-electron chi connectivity index (χ0n) is 16.4. The molecule has 166 valence electrons. The van der Waals surface area contributed by atoms with E-state index < -0.39 is 20.9 Å². The average molecular weight is 488 g/mol. The lowest BCUT2D eigenvalue weighted by atomic mass is 9.97. The van der Waals surface area contributed by atoms with Gasteiger partial charge >= 0.3 is 0 Å². The number of sulfonamides is 1. The molecule has 1 amide bonds. The number of nitrogens with zero attached hydrogens (tertiary/aromatic N) is 2. The van der Waals surface area contributed by atoms with Crippen LogP contribution >= 0.6 is 23.2 Å². The van der Waals surface area contributed by atoms with Crippen molar-refractivity contribution < 1.29 is 22.9 Å². The summed E-state index contributed by atoms with van der Waals surface area (Å²) < 4.78 is 32.1. The van der Waals surface area contributed by atoms with E-state index in [1.807, 2.05) is 0 Å². The molecular formula is C19H19Cl2N3O6S. The van der Waals surface area contributed by atoms with E-state index in [0.717, 1.165) is 12.1 Å². The molecule has 0 aliphatic carbocycles. The first kappa shape index (κ1) is 23.3. The normalized spacial score (nSPS) is 15.5. The predicted octanol–water partition coefficient (Wildman–Crippen LogP) is 3.95. The van der Waals surface area contributed by atoms with Gasteiger partial charge in [0.05, 0.1) is 22.1 Å². The quantitative estimate of drug-likeness (QED) is 0.486. The predicted molar refractivity (Wildman–Crippen MR) is 116 cm³/mol. The number of carbonyl (C=O) groups excluding carboxylic acids is 1. The molecule has 1 fully saturated rings. The van der Waals surface area contributed by atoms with Crippen LogP contribution in [0.3, 0.4) is 0 Å². The SMILES string of the molecule is COc1ccc(NC(=O)C2CCN(S(=O)(=O)c3cc([N+](=O)[O-])ccc3Cl)CC2)cc1Cl. The van der Waals surface area contributed by atoms with Crippen LogP contribution in [0.5, 0.6) is 5.75 Å². The van der Waals surface area contributed by atoms with Gasteiger partial charge in [0.1, 0.15) is 10.6 Å². The molecule has 1 heterocycles. The van der Waals surface area contributed by atoms with E-state index in [9.17, 15) is 23.3 Å². The van der Waals surface area contributed by atoms with Gasteiger partial charge in [-0.3, -0.25) is 14.9 Å². The molecule has 2 aromatic carbocycles. The van der Waals surface area contributed by atoms with Crippen LogP contribution in [0.1, 0.15) is 12.8 Å². The molecule has 1 aliphatic rings. The van der Waals surface area contributed by atoms with Crippen molar-refractivity contribution in [2.24, 2.45) is 5.92 Å². The maximum absolute atomic E-state index is 12.9. The number of carbonyl (C=O) groups is 1. The maximum Gasteiger partial charge on any atom is 0.270 e. The van der Waals surface area contributed by atoms with E-state index in [2.05, 4.69) is 5.32 Å². The number of ether oxygens (including phenoxy) is 1. The van der Waals surface area contributed by atoms with E-state index in [4.69, 9.17) is 27.9 Å². The third-order valence-electron chi connectivity index (χ3n) is 4.99. The van der Waals surface area contributed by atoms with Gasteiger partial charge in [0.2, 0.25) is 15.9 Å². The Morgan fingerprint density at radius 1 is 1.16 bits per heavy atom. The molecule has 0 bridgehead atoms. The van der Waals surface area contributed by atoms with Gasteiger partial charge in [-0.25, -0.2) is 8.42 Å². The van der Waals surface area contributed by atoms with Crippen molar-refractivity contribution in [1.29, 1.82) is 0 Å². The van der Waals surface area contributed by atoms with Crippen molar-refractivity contribution in [3.63, 3.8) is 0 Å². The van der Waals surface area contributed by atoms with Crippen molar-refractivity contribution >= 4 is 50.5 Å². The van der Waals surface area contributed by atoms with Crippen LogP contribution in [0.15, 0.2) is 41.3 Å². The van der Waals surface area contributed by atoms with Crippen LogP contribution in [0.2, 0.25) is 10.0 Å². The number of nitro benzene ring substituents is 1. The summed E-state index contributed by atoms with van der Waals surface area (Å²) in [4.78, 5) is 22.6. The number of amides is 1.